The zero-order chi connectivity index (χ0) is 27.7. The number of rotatable bonds is 8. The first-order valence-corrected chi connectivity index (χ1v) is 12.4. The molecule has 1 saturated carbocycles. The molecule has 2 unspecified atom stereocenters. The van der Waals surface area contributed by atoms with Crippen LogP contribution in [0.1, 0.15) is 57.6 Å². The standard InChI is InChI=1S/C28H32N4O6/c1-28(2,3)38-27(34)31-25-7-5-4-6-24(25)30-26(33)18-37-23-14-8-19(9-15-23)16-21(17-29)20-10-12-22(13-11-20)32(35)36/h8-16,24-25H,4-7,18H2,1-3H3,(H,30,33)(H,31,34)/b21-16+. The van der Waals surface area contributed by atoms with Gasteiger partial charge in [0, 0.05) is 18.2 Å². The van der Waals surface area contributed by atoms with E-state index in [1.807, 2.05) is 0 Å². The van der Waals surface area contributed by atoms with Crippen LogP contribution in [0.15, 0.2) is 48.5 Å². The fraction of sp³-hybridized carbons (Fsp3) is 0.393. The molecule has 1 aliphatic carbocycles. The number of nitrogens with one attached hydrogen (secondary N) is 2. The van der Waals surface area contributed by atoms with Gasteiger partial charge < -0.3 is 20.1 Å². The van der Waals surface area contributed by atoms with Gasteiger partial charge in [-0.3, -0.25) is 14.9 Å². The summed E-state index contributed by atoms with van der Waals surface area (Å²) >= 11 is 0. The van der Waals surface area contributed by atoms with Crippen molar-refractivity contribution in [3.63, 3.8) is 0 Å². The molecular formula is C28H32N4O6. The van der Waals surface area contributed by atoms with E-state index in [4.69, 9.17) is 9.47 Å². The predicted octanol–water partition coefficient (Wildman–Crippen LogP) is 4.99. The van der Waals surface area contributed by atoms with Gasteiger partial charge in [0.25, 0.3) is 11.6 Å². The van der Waals surface area contributed by atoms with Crippen molar-refractivity contribution in [2.45, 2.75) is 64.1 Å². The molecule has 0 saturated heterocycles. The normalized spacial score (nSPS) is 17.6. The molecule has 0 aliphatic heterocycles. The second kappa shape index (κ2) is 12.7. The van der Waals surface area contributed by atoms with Crippen molar-refractivity contribution in [2.75, 3.05) is 6.61 Å². The second-order valence-electron chi connectivity index (χ2n) is 10.0. The number of nitro benzene ring substituents is 1. The fourth-order valence-electron chi connectivity index (χ4n) is 4.10. The third-order valence-electron chi connectivity index (χ3n) is 5.89. The molecule has 0 bridgehead atoms. The molecule has 2 aromatic rings. The Balaban J connectivity index is 1.54. The summed E-state index contributed by atoms with van der Waals surface area (Å²) in [6.45, 7) is 5.22. The molecule has 2 N–H and O–H groups in total. The summed E-state index contributed by atoms with van der Waals surface area (Å²) in [5.74, 6) is 0.194. The Morgan fingerprint density at radius 3 is 2.21 bits per heavy atom. The zero-order valence-electron chi connectivity index (χ0n) is 21.7. The van der Waals surface area contributed by atoms with Crippen molar-refractivity contribution >= 4 is 29.3 Å². The molecule has 2 atom stereocenters. The van der Waals surface area contributed by atoms with Gasteiger partial charge in [-0.15, -0.1) is 0 Å². The van der Waals surface area contributed by atoms with Crippen molar-refractivity contribution in [1.29, 1.82) is 5.26 Å². The minimum absolute atomic E-state index is 0.0464. The van der Waals surface area contributed by atoms with Crippen LogP contribution < -0.4 is 15.4 Å². The zero-order valence-corrected chi connectivity index (χ0v) is 21.7. The number of benzene rings is 2. The molecule has 3 rings (SSSR count). The van der Waals surface area contributed by atoms with E-state index in [-0.39, 0.29) is 30.3 Å². The molecule has 200 valence electrons. The number of nitriles is 1. The van der Waals surface area contributed by atoms with E-state index >= 15 is 0 Å². The summed E-state index contributed by atoms with van der Waals surface area (Å²) in [6.07, 6.45) is 4.59. The first-order chi connectivity index (χ1) is 18.0. The van der Waals surface area contributed by atoms with Crippen molar-refractivity contribution in [3.05, 3.63) is 69.8 Å². The van der Waals surface area contributed by atoms with Gasteiger partial charge in [0.05, 0.1) is 22.6 Å². The fourth-order valence-corrected chi connectivity index (χ4v) is 4.10. The highest BCUT2D eigenvalue weighted by Gasteiger charge is 2.29. The smallest absolute Gasteiger partial charge is 0.407 e. The van der Waals surface area contributed by atoms with Crippen molar-refractivity contribution in [1.82, 2.24) is 10.6 Å². The van der Waals surface area contributed by atoms with Gasteiger partial charge in [0.15, 0.2) is 6.61 Å². The van der Waals surface area contributed by atoms with E-state index in [1.54, 1.807) is 51.1 Å². The lowest BCUT2D eigenvalue weighted by Crippen LogP contribution is -2.54. The van der Waals surface area contributed by atoms with Crippen LogP contribution >= 0.6 is 0 Å². The van der Waals surface area contributed by atoms with E-state index in [1.165, 1.54) is 24.3 Å². The topological polar surface area (TPSA) is 144 Å². The average molecular weight is 521 g/mol. The molecule has 2 amide bonds. The highest BCUT2D eigenvalue weighted by molar-refractivity contribution is 5.89. The molecule has 1 aliphatic rings. The third kappa shape index (κ3) is 8.62. The summed E-state index contributed by atoms with van der Waals surface area (Å²) in [4.78, 5) is 35.1. The highest BCUT2D eigenvalue weighted by atomic mass is 16.6. The summed E-state index contributed by atoms with van der Waals surface area (Å²) in [6, 6.07) is 14.3. The Morgan fingerprint density at radius 1 is 1.05 bits per heavy atom. The van der Waals surface area contributed by atoms with Gasteiger partial charge in [-0.05, 0) is 75.1 Å². The Bertz CT molecular complexity index is 1210. The van der Waals surface area contributed by atoms with Gasteiger partial charge in [0.2, 0.25) is 0 Å². The molecule has 2 aromatic carbocycles. The lowest BCUT2D eigenvalue weighted by Gasteiger charge is -2.33. The molecule has 0 aromatic heterocycles. The number of non-ortho nitro benzene ring substituents is 1. The summed E-state index contributed by atoms with van der Waals surface area (Å²) in [5, 5.41) is 26.2. The molecule has 1 fully saturated rings. The maximum atomic E-state index is 12.6. The Morgan fingerprint density at radius 2 is 1.66 bits per heavy atom. The number of amides is 2. The maximum Gasteiger partial charge on any atom is 0.407 e. The molecule has 10 heteroatoms. The second-order valence-corrected chi connectivity index (χ2v) is 10.0. The number of carbonyl (C=O) groups is 2. The average Bonchev–Trinajstić information content (AvgIpc) is 2.87. The van der Waals surface area contributed by atoms with E-state index < -0.39 is 16.6 Å². The molecular weight excluding hydrogens is 488 g/mol. The van der Waals surface area contributed by atoms with E-state index in [2.05, 4.69) is 16.7 Å². The van der Waals surface area contributed by atoms with Gasteiger partial charge in [0.1, 0.15) is 11.4 Å². The van der Waals surface area contributed by atoms with Crippen LogP contribution in [0.3, 0.4) is 0 Å². The molecule has 0 radical (unpaired) electrons. The van der Waals surface area contributed by atoms with Gasteiger partial charge in [-0.25, -0.2) is 4.79 Å². The SMILES string of the molecule is CC(C)(C)OC(=O)NC1CCCCC1NC(=O)COc1ccc(/C=C(\C#N)c2ccc([N+](=O)[O-])cc2)cc1. The quantitative estimate of drug-likeness (QED) is 0.216. The lowest BCUT2D eigenvalue weighted by molar-refractivity contribution is -0.384. The number of nitrogens with zero attached hydrogens (tertiary/aromatic N) is 2. The number of alkyl carbamates (subject to hydrolysis) is 1. The number of hydrogen-bond acceptors (Lipinski definition) is 7. The van der Waals surface area contributed by atoms with Gasteiger partial charge >= 0.3 is 6.09 Å². The maximum absolute atomic E-state index is 12.6. The lowest BCUT2D eigenvalue weighted by atomic mass is 9.90. The van der Waals surface area contributed by atoms with Gasteiger partial charge in [-0.1, -0.05) is 25.0 Å². The summed E-state index contributed by atoms with van der Waals surface area (Å²) in [7, 11) is 0. The number of hydrogen-bond donors (Lipinski definition) is 2. The van der Waals surface area contributed by atoms with E-state index in [9.17, 15) is 25.0 Å². The van der Waals surface area contributed by atoms with Crippen LogP contribution in [0.5, 0.6) is 5.75 Å². The first-order valence-electron chi connectivity index (χ1n) is 12.4. The molecule has 0 heterocycles. The van der Waals surface area contributed by atoms with Crippen LogP contribution in [-0.2, 0) is 9.53 Å². The molecule has 10 nitrogen and oxygen atoms in total. The van der Waals surface area contributed by atoms with Crippen molar-refractivity contribution in [3.8, 4) is 11.8 Å². The van der Waals surface area contributed by atoms with Crippen molar-refractivity contribution < 1.29 is 24.0 Å². The minimum Gasteiger partial charge on any atom is -0.484 e. The van der Waals surface area contributed by atoms with Crippen LogP contribution in [-0.4, -0.2) is 41.2 Å². The van der Waals surface area contributed by atoms with Crippen LogP contribution in [0.25, 0.3) is 11.6 Å². The monoisotopic (exact) mass is 520 g/mol. The third-order valence-corrected chi connectivity index (χ3v) is 5.89. The number of carbonyl (C=O) groups excluding carboxylic acids is 2. The number of allylic oxidation sites excluding steroid dienone is 1. The minimum atomic E-state index is -0.600. The van der Waals surface area contributed by atoms with E-state index in [0.29, 0.717) is 16.9 Å². The van der Waals surface area contributed by atoms with Crippen molar-refractivity contribution in [2.24, 2.45) is 0 Å². The summed E-state index contributed by atoms with van der Waals surface area (Å²) < 4.78 is 11.0. The number of nitro groups is 1. The predicted molar refractivity (Wildman–Crippen MR) is 142 cm³/mol. The van der Waals surface area contributed by atoms with Crippen LogP contribution in [0.2, 0.25) is 0 Å². The van der Waals surface area contributed by atoms with E-state index in [0.717, 1.165) is 31.2 Å². The van der Waals surface area contributed by atoms with Crippen LogP contribution in [0, 0.1) is 21.4 Å². The molecule has 0 spiro atoms. The Labute approximate surface area is 221 Å². The van der Waals surface area contributed by atoms with Gasteiger partial charge in [-0.2, -0.15) is 5.26 Å². The largest absolute Gasteiger partial charge is 0.484 e. The summed E-state index contributed by atoms with van der Waals surface area (Å²) in [5.41, 5.74) is 1.01. The highest BCUT2D eigenvalue weighted by Crippen LogP contribution is 2.23. The first kappa shape index (κ1) is 28.2. The Hall–Kier alpha value is -4.39. The molecule has 38 heavy (non-hydrogen) atoms. The Kier molecular flexibility index (Phi) is 9.44. The number of ether oxygens (including phenoxy) is 2. The van der Waals surface area contributed by atoms with Crippen LogP contribution in [0.4, 0.5) is 10.5 Å².